The first-order valence-electron chi connectivity index (χ1n) is 5.89. The number of carbonyl (C=O) groups is 3. The van der Waals surface area contributed by atoms with Crippen LogP contribution >= 0.6 is 22.9 Å². The van der Waals surface area contributed by atoms with Gasteiger partial charge in [0, 0.05) is 19.6 Å². The summed E-state index contributed by atoms with van der Waals surface area (Å²) in [6.45, 7) is 3.12. The van der Waals surface area contributed by atoms with Gasteiger partial charge in [-0.3, -0.25) is 14.4 Å². The Labute approximate surface area is 119 Å². The number of carbonyl (C=O) groups excluding carboxylic acids is 3. The third-order valence-electron chi connectivity index (χ3n) is 2.96. The summed E-state index contributed by atoms with van der Waals surface area (Å²) in [5, 5.41) is 0. The lowest BCUT2D eigenvalue weighted by molar-refractivity contribution is -0.155. The molecule has 2 rings (SSSR count). The standard InChI is InChI=1S/C12H13ClN2O3S/c1-2-14-5-6-15(12(18)11(14)17)7-8(16)9-3-4-10(13)19-9/h3-4H,2,5-7H2,1H3. The summed E-state index contributed by atoms with van der Waals surface area (Å²) >= 11 is 6.94. The van der Waals surface area contributed by atoms with Crippen LogP contribution in [0.4, 0.5) is 0 Å². The average Bonchev–Trinajstić information content (AvgIpc) is 2.82. The molecule has 0 N–H and O–H groups in total. The van der Waals surface area contributed by atoms with Crippen LogP contribution in [0.3, 0.4) is 0 Å². The lowest BCUT2D eigenvalue weighted by Crippen LogP contribution is -2.55. The van der Waals surface area contributed by atoms with Gasteiger partial charge < -0.3 is 9.80 Å². The van der Waals surface area contributed by atoms with Crippen molar-refractivity contribution in [2.24, 2.45) is 0 Å². The summed E-state index contributed by atoms with van der Waals surface area (Å²) in [7, 11) is 0. The van der Waals surface area contributed by atoms with E-state index in [2.05, 4.69) is 0 Å². The maximum absolute atomic E-state index is 12.0. The number of halogens is 1. The number of amides is 2. The SMILES string of the molecule is CCN1CCN(CC(=O)c2ccc(Cl)s2)C(=O)C1=O. The number of piperazine rings is 1. The Bertz CT molecular complexity index is 529. The largest absolute Gasteiger partial charge is 0.333 e. The highest BCUT2D eigenvalue weighted by molar-refractivity contribution is 7.18. The van der Waals surface area contributed by atoms with Crippen molar-refractivity contribution in [1.29, 1.82) is 0 Å². The lowest BCUT2D eigenvalue weighted by atomic mass is 10.2. The van der Waals surface area contributed by atoms with Gasteiger partial charge in [0.15, 0.2) is 5.78 Å². The molecular formula is C12H13ClN2O3S. The molecule has 1 aliphatic rings. The highest BCUT2D eigenvalue weighted by atomic mass is 35.5. The second-order valence-electron chi connectivity index (χ2n) is 4.14. The molecule has 1 aliphatic heterocycles. The molecule has 1 saturated heterocycles. The van der Waals surface area contributed by atoms with Crippen LogP contribution in [0.15, 0.2) is 12.1 Å². The number of hydrogen-bond acceptors (Lipinski definition) is 4. The van der Waals surface area contributed by atoms with Gasteiger partial charge in [-0.25, -0.2) is 0 Å². The Balaban J connectivity index is 2.02. The van der Waals surface area contributed by atoms with Crippen LogP contribution in [0.25, 0.3) is 0 Å². The summed E-state index contributed by atoms with van der Waals surface area (Å²) < 4.78 is 0.529. The van der Waals surface area contributed by atoms with Crippen molar-refractivity contribution < 1.29 is 14.4 Å². The van der Waals surface area contributed by atoms with Crippen molar-refractivity contribution in [1.82, 2.24) is 9.80 Å². The first-order chi connectivity index (χ1) is 9.02. The molecule has 2 heterocycles. The van der Waals surface area contributed by atoms with Crippen LogP contribution in [0.1, 0.15) is 16.6 Å². The zero-order valence-electron chi connectivity index (χ0n) is 10.4. The fraction of sp³-hybridized carbons (Fsp3) is 0.417. The van der Waals surface area contributed by atoms with E-state index in [1.54, 1.807) is 12.1 Å². The maximum Gasteiger partial charge on any atom is 0.312 e. The summed E-state index contributed by atoms with van der Waals surface area (Å²) in [6.07, 6.45) is 0. The Kier molecular flexibility index (Phi) is 4.21. The van der Waals surface area contributed by atoms with E-state index >= 15 is 0 Å². The molecule has 19 heavy (non-hydrogen) atoms. The number of ketones is 1. The summed E-state index contributed by atoms with van der Waals surface area (Å²) in [5.41, 5.74) is 0. The van der Waals surface area contributed by atoms with Crippen molar-refractivity contribution in [2.75, 3.05) is 26.2 Å². The third kappa shape index (κ3) is 2.96. The summed E-state index contributed by atoms with van der Waals surface area (Å²) in [5.74, 6) is -1.34. The van der Waals surface area contributed by atoms with Crippen molar-refractivity contribution in [3.8, 4) is 0 Å². The van der Waals surface area contributed by atoms with E-state index in [-0.39, 0.29) is 12.3 Å². The second-order valence-corrected chi connectivity index (χ2v) is 5.85. The van der Waals surface area contributed by atoms with Crippen molar-refractivity contribution in [2.45, 2.75) is 6.92 Å². The maximum atomic E-state index is 12.0. The first-order valence-corrected chi connectivity index (χ1v) is 7.09. The Morgan fingerprint density at radius 2 is 1.89 bits per heavy atom. The predicted molar refractivity (Wildman–Crippen MR) is 72.5 cm³/mol. The van der Waals surface area contributed by atoms with Crippen LogP contribution in [0.5, 0.6) is 0 Å². The number of hydrogen-bond donors (Lipinski definition) is 0. The van der Waals surface area contributed by atoms with Gasteiger partial charge in [-0.05, 0) is 19.1 Å². The van der Waals surface area contributed by atoms with Gasteiger partial charge in [-0.1, -0.05) is 11.6 Å². The normalized spacial score (nSPS) is 16.1. The predicted octanol–water partition coefficient (Wildman–Crippen LogP) is 1.27. The van der Waals surface area contributed by atoms with E-state index in [0.717, 1.165) is 0 Å². The molecule has 1 fully saturated rings. The van der Waals surface area contributed by atoms with Crippen LogP contribution in [-0.2, 0) is 9.59 Å². The Hall–Kier alpha value is -1.40. The Morgan fingerprint density at radius 3 is 2.47 bits per heavy atom. The van der Waals surface area contributed by atoms with E-state index < -0.39 is 11.8 Å². The van der Waals surface area contributed by atoms with Crippen LogP contribution in [-0.4, -0.2) is 53.6 Å². The monoisotopic (exact) mass is 300 g/mol. The molecule has 1 aromatic rings. The molecule has 0 aliphatic carbocycles. The fourth-order valence-corrected chi connectivity index (χ4v) is 2.86. The molecule has 0 aromatic carbocycles. The molecule has 5 nitrogen and oxygen atoms in total. The van der Waals surface area contributed by atoms with Crippen molar-refractivity contribution in [3.63, 3.8) is 0 Å². The summed E-state index contributed by atoms with van der Waals surface area (Å²) in [4.78, 5) is 38.8. The second kappa shape index (κ2) is 5.71. The fourth-order valence-electron chi connectivity index (χ4n) is 1.88. The summed E-state index contributed by atoms with van der Waals surface area (Å²) in [6, 6.07) is 3.27. The minimum atomic E-state index is -0.607. The molecule has 102 valence electrons. The van der Waals surface area contributed by atoms with E-state index in [9.17, 15) is 14.4 Å². The molecule has 2 amide bonds. The minimum absolute atomic E-state index is 0.0705. The van der Waals surface area contributed by atoms with Gasteiger partial charge in [0.1, 0.15) is 0 Å². The third-order valence-corrected chi connectivity index (χ3v) is 4.23. The molecular weight excluding hydrogens is 288 g/mol. The van der Waals surface area contributed by atoms with Gasteiger partial charge in [0.25, 0.3) is 0 Å². The van der Waals surface area contributed by atoms with E-state index in [0.29, 0.717) is 28.8 Å². The quantitative estimate of drug-likeness (QED) is 0.621. The Morgan fingerprint density at radius 1 is 1.26 bits per heavy atom. The van der Waals surface area contributed by atoms with Crippen LogP contribution < -0.4 is 0 Å². The van der Waals surface area contributed by atoms with Gasteiger partial charge in [-0.15, -0.1) is 11.3 Å². The van der Waals surface area contributed by atoms with Gasteiger partial charge >= 0.3 is 11.8 Å². The van der Waals surface area contributed by atoms with Gasteiger partial charge in [0.2, 0.25) is 0 Å². The number of rotatable bonds is 4. The number of nitrogens with zero attached hydrogens (tertiary/aromatic N) is 2. The molecule has 0 atom stereocenters. The average molecular weight is 301 g/mol. The van der Waals surface area contributed by atoms with Crippen LogP contribution in [0, 0.1) is 0 Å². The number of Topliss-reactive ketones (excluding diaryl/α,β-unsaturated/α-hetero) is 1. The molecule has 7 heteroatoms. The molecule has 0 bridgehead atoms. The molecule has 0 radical (unpaired) electrons. The van der Waals surface area contributed by atoms with Gasteiger partial charge in [0.05, 0.1) is 15.8 Å². The smallest absolute Gasteiger partial charge is 0.312 e. The van der Waals surface area contributed by atoms with E-state index in [1.165, 1.54) is 21.1 Å². The van der Waals surface area contributed by atoms with Gasteiger partial charge in [-0.2, -0.15) is 0 Å². The number of likely N-dealkylation sites (N-methyl/N-ethyl adjacent to an activating group) is 1. The van der Waals surface area contributed by atoms with E-state index in [1.807, 2.05) is 6.92 Å². The highest BCUT2D eigenvalue weighted by Crippen LogP contribution is 2.22. The van der Waals surface area contributed by atoms with Crippen molar-refractivity contribution in [3.05, 3.63) is 21.3 Å². The number of thiophene rings is 1. The molecule has 0 spiro atoms. The zero-order chi connectivity index (χ0) is 14.0. The molecule has 1 aromatic heterocycles. The first kappa shape index (κ1) is 14.0. The minimum Gasteiger partial charge on any atom is -0.333 e. The molecule has 0 saturated carbocycles. The van der Waals surface area contributed by atoms with Crippen LogP contribution in [0.2, 0.25) is 4.34 Å². The lowest BCUT2D eigenvalue weighted by Gasteiger charge is -2.32. The molecule has 0 unspecified atom stereocenters. The topological polar surface area (TPSA) is 57.7 Å². The highest BCUT2D eigenvalue weighted by Gasteiger charge is 2.32. The van der Waals surface area contributed by atoms with E-state index in [4.69, 9.17) is 11.6 Å². The zero-order valence-corrected chi connectivity index (χ0v) is 12.0. The van der Waals surface area contributed by atoms with Crippen molar-refractivity contribution >= 4 is 40.5 Å².